The second-order valence-corrected chi connectivity index (χ2v) is 7.21. The Balaban J connectivity index is 1.87. The molecule has 4 N–H and O–H groups in total. The molecule has 3 rings (SSSR count). The van der Waals surface area contributed by atoms with E-state index in [0.29, 0.717) is 23.2 Å². The van der Waals surface area contributed by atoms with E-state index < -0.39 is 0 Å². The summed E-state index contributed by atoms with van der Waals surface area (Å²) in [4.78, 5) is 11.8. The smallest absolute Gasteiger partial charge is 0.229 e. The van der Waals surface area contributed by atoms with E-state index in [1.54, 1.807) is 18.2 Å². The number of anilines is 4. The van der Waals surface area contributed by atoms with E-state index in [1.807, 2.05) is 0 Å². The van der Waals surface area contributed by atoms with Crippen LogP contribution in [0.5, 0.6) is 0 Å². The van der Waals surface area contributed by atoms with Crippen molar-refractivity contribution in [3.8, 4) is 6.07 Å². The first-order valence-corrected chi connectivity index (χ1v) is 10.0. The van der Waals surface area contributed by atoms with E-state index in [9.17, 15) is 5.26 Å². The number of aryl methyl sites for hydroxylation is 1. The first-order chi connectivity index (χ1) is 13.6. The highest BCUT2D eigenvalue weighted by molar-refractivity contribution is 5.64. The molecule has 7 heteroatoms. The fourth-order valence-electron chi connectivity index (χ4n) is 3.64. The fraction of sp³-hybridized carbons (Fsp3) is 0.476. The quantitative estimate of drug-likeness (QED) is 0.635. The van der Waals surface area contributed by atoms with Crippen LogP contribution in [0.25, 0.3) is 0 Å². The molecule has 1 aromatic carbocycles. The lowest BCUT2D eigenvalue weighted by Gasteiger charge is -2.34. The van der Waals surface area contributed by atoms with Crippen LogP contribution in [0.4, 0.5) is 23.1 Å². The molecule has 0 radical (unpaired) electrons. The van der Waals surface area contributed by atoms with Gasteiger partial charge in [-0.1, -0.05) is 20.3 Å². The molecule has 0 unspecified atom stereocenters. The summed E-state index contributed by atoms with van der Waals surface area (Å²) >= 11 is 0. The topological polar surface area (TPSA) is 103 Å². The van der Waals surface area contributed by atoms with Crippen molar-refractivity contribution in [2.45, 2.75) is 45.6 Å². The average molecular weight is 380 g/mol. The predicted molar refractivity (Wildman–Crippen MR) is 114 cm³/mol. The number of nitrogens with two attached hydrogens (primary N) is 1. The highest BCUT2D eigenvalue weighted by atomic mass is 15.2. The van der Waals surface area contributed by atoms with Crippen molar-refractivity contribution < 1.29 is 0 Å². The van der Waals surface area contributed by atoms with Gasteiger partial charge in [-0.2, -0.15) is 10.2 Å². The number of likely N-dealkylation sites (N-methyl/N-ethyl adjacent to an activating group) is 1. The van der Waals surface area contributed by atoms with Crippen molar-refractivity contribution >= 4 is 23.1 Å². The molecule has 28 heavy (non-hydrogen) atoms. The summed E-state index contributed by atoms with van der Waals surface area (Å²) in [7, 11) is 0. The first kappa shape index (κ1) is 19.9. The third kappa shape index (κ3) is 5.11. The Labute approximate surface area is 167 Å². The van der Waals surface area contributed by atoms with Crippen LogP contribution >= 0.6 is 0 Å². The number of nitriles is 1. The molecule has 7 nitrogen and oxygen atoms in total. The molecule has 1 saturated heterocycles. The molecule has 0 aliphatic carbocycles. The van der Waals surface area contributed by atoms with Gasteiger partial charge in [-0.05, 0) is 44.0 Å². The van der Waals surface area contributed by atoms with Crippen molar-refractivity contribution in [2.24, 2.45) is 0 Å². The molecular formula is C21H29N7. The van der Waals surface area contributed by atoms with Crippen LogP contribution in [0.3, 0.4) is 0 Å². The minimum atomic E-state index is 0.492. The third-order valence-corrected chi connectivity index (χ3v) is 4.85. The highest BCUT2D eigenvalue weighted by Gasteiger charge is 2.21. The molecule has 2 aromatic rings. The SMILES string of the molecule is CCCc1cc(N2CCC[C@@H](NCC)C2)nc(Nc2cc(N)cc(C#N)c2)n1. The monoisotopic (exact) mass is 379 g/mol. The predicted octanol–water partition coefficient (Wildman–Crippen LogP) is 3.20. The number of nitrogens with one attached hydrogen (secondary N) is 2. The molecule has 1 aliphatic heterocycles. The number of hydrogen-bond acceptors (Lipinski definition) is 7. The number of benzene rings is 1. The van der Waals surface area contributed by atoms with E-state index in [0.717, 1.165) is 56.1 Å². The number of aromatic nitrogens is 2. The second-order valence-electron chi connectivity index (χ2n) is 7.21. The Morgan fingerprint density at radius 1 is 1.25 bits per heavy atom. The van der Waals surface area contributed by atoms with Crippen molar-refractivity contribution in [3.05, 3.63) is 35.5 Å². The summed E-state index contributed by atoms with van der Waals surface area (Å²) in [5, 5.41) is 16.0. The maximum absolute atomic E-state index is 9.17. The van der Waals surface area contributed by atoms with Crippen LogP contribution < -0.4 is 21.3 Å². The number of piperidine rings is 1. The standard InChI is InChI=1S/C21H29N7/c1-3-6-17-12-20(28-8-5-7-18(14-28)24-4-2)27-21(25-17)26-19-10-15(13-22)9-16(23)11-19/h9-12,18,24H,3-8,14,23H2,1-2H3,(H,25,26,27)/t18-/m1/s1. The lowest BCUT2D eigenvalue weighted by molar-refractivity contribution is 0.429. The fourth-order valence-corrected chi connectivity index (χ4v) is 3.64. The average Bonchev–Trinajstić information content (AvgIpc) is 2.68. The zero-order chi connectivity index (χ0) is 19.9. The Bertz CT molecular complexity index is 841. The van der Waals surface area contributed by atoms with Gasteiger partial charge in [0.2, 0.25) is 5.95 Å². The molecule has 0 saturated carbocycles. The van der Waals surface area contributed by atoms with Gasteiger partial charge in [0, 0.05) is 42.3 Å². The van der Waals surface area contributed by atoms with E-state index in [-0.39, 0.29) is 0 Å². The zero-order valence-electron chi connectivity index (χ0n) is 16.7. The van der Waals surface area contributed by atoms with Crippen LogP contribution in [0.1, 0.15) is 44.4 Å². The molecule has 1 aromatic heterocycles. The van der Waals surface area contributed by atoms with Gasteiger partial charge in [0.1, 0.15) is 5.82 Å². The van der Waals surface area contributed by atoms with Crippen molar-refractivity contribution in [3.63, 3.8) is 0 Å². The van der Waals surface area contributed by atoms with Gasteiger partial charge in [0.05, 0.1) is 11.6 Å². The van der Waals surface area contributed by atoms with Gasteiger partial charge in [0.25, 0.3) is 0 Å². The van der Waals surface area contributed by atoms with Gasteiger partial charge < -0.3 is 21.3 Å². The lowest BCUT2D eigenvalue weighted by Crippen LogP contribution is -2.46. The summed E-state index contributed by atoms with van der Waals surface area (Å²) < 4.78 is 0. The van der Waals surface area contributed by atoms with Gasteiger partial charge in [0.15, 0.2) is 0 Å². The maximum atomic E-state index is 9.17. The van der Waals surface area contributed by atoms with E-state index >= 15 is 0 Å². The zero-order valence-corrected chi connectivity index (χ0v) is 16.7. The van der Waals surface area contributed by atoms with Crippen LogP contribution in [0, 0.1) is 11.3 Å². The third-order valence-electron chi connectivity index (χ3n) is 4.85. The van der Waals surface area contributed by atoms with E-state index in [4.69, 9.17) is 10.7 Å². The largest absolute Gasteiger partial charge is 0.399 e. The first-order valence-electron chi connectivity index (χ1n) is 10.0. The Morgan fingerprint density at radius 2 is 2.11 bits per heavy atom. The molecule has 1 atom stereocenters. The minimum Gasteiger partial charge on any atom is -0.399 e. The molecule has 0 amide bonds. The molecular weight excluding hydrogens is 350 g/mol. The Morgan fingerprint density at radius 3 is 2.86 bits per heavy atom. The second kappa shape index (κ2) is 9.38. The van der Waals surface area contributed by atoms with Crippen LogP contribution in [0.2, 0.25) is 0 Å². The van der Waals surface area contributed by atoms with Gasteiger partial charge >= 0.3 is 0 Å². The summed E-state index contributed by atoms with van der Waals surface area (Å²) in [5.74, 6) is 1.49. The van der Waals surface area contributed by atoms with Crippen molar-refractivity contribution in [1.82, 2.24) is 15.3 Å². The van der Waals surface area contributed by atoms with Crippen molar-refractivity contribution in [2.75, 3.05) is 35.6 Å². The Hall–Kier alpha value is -2.85. The van der Waals surface area contributed by atoms with Crippen LogP contribution in [0.15, 0.2) is 24.3 Å². The molecule has 148 valence electrons. The van der Waals surface area contributed by atoms with E-state index in [1.165, 1.54) is 6.42 Å². The maximum Gasteiger partial charge on any atom is 0.229 e. The number of nitrogens with zero attached hydrogens (tertiary/aromatic N) is 4. The number of hydrogen-bond donors (Lipinski definition) is 3. The summed E-state index contributed by atoms with van der Waals surface area (Å²) in [6.45, 7) is 7.22. The van der Waals surface area contributed by atoms with Gasteiger partial charge in [-0.15, -0.1) is 0 Å². The van der Waals surface area contributed by atoms with Crippen LogP contribution in [-0.2, 0) is 6.42 Å². The number of nitrogen functional groups attached to an aromatic ring is 1. The summed E-state index contributed by atoms with van der Waals surface area (Å²) in [5.41, 5.74) is 8.70. The summed E-state index contributed by atoms with van der Waals surface area (Å²) in [6, 6.07) is 9.92. The highest BCUT2D eigenvalue weighted by Crippen LogP contribution is 2.24. The lowest BCUT2D eigenvalue weighted by atomic mass is 10.1. The molecule has 2 heterocycles. The van der Waals surface area contributed by atoms with Crippen molar-refractivity contribution in [1.29, 1.82) is 5.26 Å². The summed E-state index contributed by atoms with van der Waals surface area (Å²) in [6.07, 6.45) is 4.26. The molecule has 1 aliphatic rings. The normalized spacial score (nSPS) is 16.6. The number of rotatable bonds is 7. The van der Waals surface area contributed by atoms with Crippen LogP contribution in [-0.4, -0.2) is 35.6 Å². The molecule has 0 spiro atoms. The molecule has 1 fully saturated rings. The van der Waals surface area contributed by atoms with Gasteiger partial charge in [-0.3, -0.25) is 0 Å². The van der Waals surface area contributed by atoms with E-state index in [2.05, 4.69) is 46.5 Å². The van der Waals surface area contributed by atoms with Gasteiger partial charge in [-0.25, -0.2) is 4.98 Å². The minimum absolute atomic E-state index is 0.492. The molecule has 0 bridgehead atoms. The Kier molecular flexibility index (Phi) is 6.66.